The van der Waals surface area contributed by atoms with Crippen LogP contribution in [0.2, 0.25) is 19.6 Å². The Bertz CT molecular complexity index is 453. The summed E-state index contributed by atoms with van der Waals surface area (Å²) in [5.74, 6) is -0.258. The number of hydrogen-bond donors (Lipinski definition) is 0. The van der Waals surface area contributed by atoms with Crippen molar-refractivity contribution >= 4 is 13.9 Å². The van der Waals surface area contributed by atoms with Crippen LogP contribution in [0.4, 0.5) is 13.2 Å². The van der Waals surface area contributed by atoms with Crippen molar-refractivity contribution in [2.24, 2.45) is 0 Å². The SMILES string of the molecule is C[Si](C)(C)/C=C/C(=O)c1ccc(C(F)(F)F)cc1. The number of carbonyl (C=O) groups excluding carboxylic acids is 1. The number of benzene rings is 1. The molecule has 0 spiro atoms. The largest absolute Gasteiger partial charge is 0.416 e. The summed E-state index contributed by atoms with van der Waals surface area (Å²) < 4.78 is 37.0. The molecule has 1 rings (SSSR count). The monoisotopic (exact) mass is 272 g/mol. The second-order valence-electron chi connectivity index (χ2n) is 5.14. The maximum absolute atomic E-state index is 12.3. The molecule has 0 radical (unpaired) electrons. The fraction of sp³-hybridized carbons (Fsp3) is 0.308. The van der Waals surface area contributed by atoms with Gasteiger partial charge in [0, 0.05) is 5.56 Å². The molecule has 98 valence electrons. The molecule has 0 heterocycles. The number of alkyl halides is 3. The van der Waals surface area contributed by atoms with Gasteiger partial charge in [-0.05, 0) is 18.2 Å². The van der Waals surface area contributed by atoms with E-state index < -0.39 is 19.8 Å². The normalized spacial score (nSPS) is 13.0. The molecule has 0 aliphatic carbocycles. The van der Waals surface area contributed by atoms with Gasteiger partial charge in [0.25, 0.3) is 0 Å². The minimum Gasteiger partial charge on any atom is -0.289 e. The summed E-state index contributed by atoms with van der Waals surface area (Å²) in [6.07, 6.45) is -2.91. The predicted octanol–water partition coefficient (Wildman–Crippen LogP) is 4.32. The van der Waals surface area contributed by atoms with Crippen LogP contribution in [0.5, 0.6) is 0 Å². The molecule has 0 saturated heterocycles. The Morgan fingerprint density at radius 1 is 1.11 bits per heavy atom. The molecule has 0 bridgehead atoms. The van der Waals surface area contributed by atoms with Gasteiger partial charge in [-0.25, -0.2) is 0 Å². The number of rotatable bonds is 3. The lowest BCUT2D eigenvalue weighted by Gasteiger charge is -2.08. The van der Waals surface area contributed by atoms with Crippen molar-refractivity contribution in [2.45, 2.75) is 25.8 Å². The van der Waals surface area contributed by atoms with Crippen molar-refractivity contribution in [2.75, 3.05) is 0 Å². The fourth-order valence-electron chi connectivity index (χ4n) is 1.25. The average Bonchev–Trinajstić information content (AvgIpc) is 2.24. The molecule has 1 nitrogen and oxygen atoms in total. The molecule has 0 aliphatic heterocycles. The summed E-state index contributed by atoms with van der Waals surface area (Å²) in [4.78, 5) is 11.7. The van der Waals surface area contributed by atoms with E-state index in [2.05, 4.69) is 19.6 Å². The van der Waals surface area contributed by atoms with E-state index in [-0.39, 0.29) is 11.3 Å². The third-order valence-corrected chi connectivity index (χ3v) is 3.40. The highest BCUT2D eigenvalue weighted by molar-refractivity contribution is 6.81. The van der Waals surface area contributed by atoms with Crippen LogP contribution in [0.1, 0.15) is 15.9 Å². The molecule has 0 fully saturated rings. The van der Waals surface area contributed by atoms with Gasteiger partial charge in [-0.3, -0.25) is 4.79 Å². The van der Waals surface area contributed by atoms with E-state index in [1.54, 1.807) is 0 Å². The minimum atomic E-state index is -4.37. The molecule has 0 saturated carbocycles. The molecule has 0 aromatic heterocycles. The Morgan fingerprint density at radius 2 is 1.61 bits per heavy atom. The summed E-state index contributed by atoms with van der Waals surface area (Å²) >= 11 is 0. The summed E-state index contributed by atoms with van der Waals surface area (Å²) in [6.45, 7) is 6.22. The number of allylic oxidation sites excluding steroid dienone is 1. The smallest absolute Gasteiger partial charge is 0.289 e. The molecule has 0 aliphatic rings. The first-order chi connectivity index (χ1) is 8.09. The van der Waals surface area contributed by atoms with Gasteiger partial charge >= 0.3 is 6.18 Å². The van der Waals surface area contributed by atoms with Crippen LogP contribution in [0.25, 0.3) is 0 Å². The lowest BCUT2D eigenvalue weighted by atomic mass is 10.1. The van der Waals surface area contributed by atoms with Crippen molar-refractivity contribution in [1.82, 2.24) is 0 Å². The Morgan fingerprint density at radius 3 is 2.00 bits per heavy atom. The molecule has 1 aromatic carbocycles. The van der Waals surface area contributed by atoms with E-state index in [0.717, 1.165) is 12.1 Å². The van der Waals surface area contributed by atoms with Crippen LogP contribution in [-0.4, -0.2) is 13.9 Å². The highest BCUT2D eigenvalue weighted by Crippen LogP contribution is 2.29. The second kappa shape index (κ2) is 5.10. The average molecular weight is 272 g/mol. The van der Waals surface area contributed by atoms with Crippen molar-refractivity contribution < 1.29 is 18.0 Å². The van der Waals surface area contributed by atoms with Crippen molar-refractivity contribution in [3.8, 4) is 0 Å². The molecule has 0 N–H and O–H groups in total. The molecular formula is C13H15F3OSi. The van der Waals surface area contributed by atoms with Gasteiger partial charge in [-0.15, -0.1) is 0 Å². The van der Waals surface area contributed by atoms with Crippen molar-refractivity contribution in [1.29, 1.82) is 0 Å². The van der Waals surface area contributed by atoms with Gasteiger partial charge in [0.15, 0.2) is 5.78 Å². The van der Waals surface area contributed by atoms with E-state index in [0.29, 0.717) is 0 Å². The van der Waals surface area contributed by atoms with Crippen LogP contribution in [-0.2, 0) is 6.18 Å². The molecular weight excluding hydrogens is 257 g/mol. The maximum atomic E-state index is 12.3. The lowest BCUT2D eigenvalue weighted by Crippen LogP contribution is -2.16. The zero-order chi connectivity index (χ0) is 14.0. The molecule has 5 heteroatoms. The van der Waals surface area contributed by atoms with Gasteiger partial charge in [0.1, 0.15) is 0 Å². The number of ketones is 1. The first kappa shape index (κ1) is 14.7. The minimum absolute atomic E-state index is 0.258. The maximum Gasteiger partial charge on any atom is 0.416 e. The number of hydrogen-bond acceptors (Lipinski definition) is 1. The van der Waals surface area contributed by atoms with Gasteiger partial charge in [0.2, 0.25) is 0 Å². The topological polar surface area (TPSA) is 17.1 Å². The second-order valence-corrected chi connectivity index (χ2v) is 10.2. The van der Waals surface area contributed by atoms with E-state index in [1.807, 2.05) is 5.70 Å². The van der Waals surface area contributed by atoms with E-state index in [9.17, 15) is 18.0 Å². The van der Waals surface area contributed by atoms with Gasteiger partial charge in [0.05, 0.1) is 13.6 Å². The summed E-state index contributed by atoms with van der Waals surface area (Å²) in [5.41, 5.74) is 1.40. The lowest BCUT2D eigenvalue weighted by molar-refractivity contribution is -0.137. The quantitative estimate of drug-likeness (QED) is 0.455. The molecule has 18 heavy (non-hydrogen) atoms. The van der Waals surface area contributed by atoms with Crippen LogP contribution >= 0.6 is 0 Å². The third-order valence-electron chi connectivity index (χ3n) is 2.23. The van der Waals surface area contributed by atoms with E-state index in [1.165, 1.54) is 18.2 Å². The zero-order valence-electron chi connectivity index (χ0n) is 10.5. The van der Waals surface area contributed by atoms with Gasteiger partial charge in [-0.1, -0.05) is 37.5 Å². The Kier molecular flexibility index (Phi) is 4.16. The zero-order valence-corrected chi connectivity index (χ0v) is 11.5. The highest BCUT2D eigenvalue weighted by Gasteiger charge is 2.30. The Balaban J connectivity index is 2.87. The molecule has 0 unspecified atom stereocenters. The molecule has 0 atom stereocenters. The van der Waals surface area contributed by atoms with Crippen LogP contribution in [0, 0.1) is 0 Å². The van der Waals surface area contributed by atoms with Crippen molar-refractivity contribution in [3.05, 3.63) is 47.2 Å². The highest BCUT2D eigenvalue weighted by atomic mass is 28.3. The predicted molar refractivity (Wildman–Crippen MR) is 68.3 cm³/mol. The summed E-state index contributed by atoms with van der Waals surface area (Å²) in [7, 11) is -1.48. The van der Waals surface area contributed by atoms with Crippen LogP contribution in [0.15, 0.2) is 36.0 Å². The first-order valence-electron chi connectivity index (χ1n) is 5.50. The molecule has 0 amide bonds. The van der Waals surface area contributed by atoms with Gasteiger partial charge in [-0.2, -0.15) is 13.2 Å². The standard InChI is InChI=1S/C13H15F3OSi/c1-18(2,3)9-8-12(17)10-4-6-11(7-5-10)13(14,15)16/h4-9H,1-3H3/b9-8+. The van der Waals surface area contributed by atoms with Crippen LogP contribution < -0.4 is 0 Å². The fourth-order valence-corrected chi connectivity index (χ4v) is 1.90. The summed E-state index contributed by atoms with van der Waals surface area (Å²) in [6, 6.07) is 4.27. The molecule has 1 aromatic rings. The van der Waals surface area contributed by atoms with E-state index >= 15 is 0 Å². The number of halogens is 3. The van der Waals surface area contributed by atoms with Gasteiger partial charge < -0.3 is 0 Å². The summed E-state index contributed by atoms with van der Waals surface area (Å²) in [5, 5.41) is 0. The number of carbonyl (C=O) groups is 1. The van der Waals surface area contributed by atoms with E-state index in [4.69, 9.17) is 0 Å². The Hall–Kier alpha value is -1.36. The first-order valence-corrected chi connectivity index (χ1v) is 9.08. The Labute approximate surface area is 105 Å². The van der Waals surface area contributed by atoms with Crippen molar-refractivity contribution in [3.63, 3.8) is 0 Å². The van der Waals surface area contributed by atoms with Crippen LogP contribution in [0.3, 0.4) is 0 Å². The third kappa shape index (κ3) is 4.48.